The molecule has 0 aliphatic heterocycles. The summed E-state index contributed by atoms with van der Waals surface area (Å²) in [6, 6.07) is 5.60. The molecule has 0 spiro atoms. The van der Waals surface area contributed by atoms with Crippen molar-refractivity contribution < 1.29 is 23.0 Å². The largest absolute Gasteiger partial charge is 0.489 e. The molecule has 1 N–H and O–H groups in total. The number of nitrogens with one attached hydrogen (secondary N) is 1. The molecule has 1 aliphatic carbocycles. The Bertz CT molecular complexity index is 769. The van der Waals surface area contributed by atoms with Crippen molar-refractivity contribution in [1.82, 2.24) is 4.98 Å². The van der Waals surface area contributed by atoms with Crippen molar-refractivity contribution in [3.05, 3.63) is 47.2 Å². The first-order chi connectivity index (χ1) is 12.0. The van der Waals surface area contributed by atoms with Gasteiger partial charge in [0.2, 0.25) is 0 Å². The molecule has 1 heterocycles. The van der Waals surface area contributed by atoms with E-state index in [1.54, 1.807) is 6.07 Å². The number of pyridine rings is 1. The maximum Gasteiger partial charge on any atom is 0.387 e. The van der Waals surface area contributed by atoms with Crippen molar-refractivity contribution >= 4 is 23.2 Å². The molecular formula is C17H15ClF2N2O3. The van der Waals surface area contributed by atoms with Crippen molar-refractivity contribution in [3.8, 4) is 11.5 Å². The van der Waals surface area contributed by atoms with Crippen molar-refractivity contribution in [1.29, 1.82) is 0 Å². The van der Waals surface area contributed by atoms with Gasteiger partial charge in [0.15, 0.2) is 11.5 Å². The topological polar surface area (TPSA) is 60.5 Å². The van der Waals surface area contributed by atoms with Crippen LogP contribution in [0.3, 0.4) is 0 Å². The highest BCUT2D eigenvalue weighted by atomic mass is 35.5. The number of amides is 1. The van der Waals surface area contributed by atoms with Crippen LogP contribution in [-0.4, -0.2) is 24.1 Å². The third-order valence-corrected chi connectivity index (χ3v) is 3.92. The molecule has 0 saturated heterocycles. The number of halogens is 3. The fourth-order valence-electron chi connectivity index (χ4n) is 2.12. The molecule has 1 aromatic carbocycles. The van der Waals surface area contributed by atoms with Gasteiger partial charge in [0.05, 0.1) is 17.3 Å². The summed E-state index contributed by atoms with van der Waals surface area (Å²) in [5.74, 6) is -0.0182. The summed E-state index contributed by atoms with van der Waals surface area (Å²) in [6.45, 7) is -2.57. The van der Waals surface area contributed by atoms with Crippen LogP contribution in [0.15, 0.2) is 36.7 Å². The van der Waals surface area contributed by atoms with Crippen molar-refractivity contribution in [3.63, 3.8) is 0 Å². The molecule has 2 aromatic rings. The van der Waals surface area contributed by atoms with Crippen LogP contribution < -0.4 is 14.8 Å². The number of alkyl halides is 2. The number of aromatic nitrogens is 1. The number of anilines is 1. The molecule has 1 amide bonds. The quantitative estimate of drug-likeness (QED) is 0.788. The molecule has 132 valence electrons. The second-order valence-corrected chi connectivity index (χ2v) is 6.01. The molecule has 3 rings (SSSR count). The van der Waals surface area contributed by atoms with E-state index in [9.17, 15) is 13.6 Å². The first kappa shape index (κ1) is 17.4. The van der Waals surface area contributed by atoms with Gasteiger partial charge in [-0.25, -0.2) is 0 Å². The lowest BCUT2D eigenvalue weighted by Crippen LogP contribution is -2.13. The molecule has 0 atom stereocenters. The third kappa shape index (κ3) is 4.79. The molecule has 8 heteroatoms. The molecule has 1 saturated carbocycles. The standard InChI is InChI=1S/C17H15ClF2N2O3/c18-12-8-21-6-5-13(12)22-16(23)11-3-4-14(25-17(19)20)15(7-11)24-9-10-1-2-10/h3-8,10,17H,1-2,9H2,(H,21,22,23). The molecule has 5 nitrogen and oxygen atoms in total. The van der Waals surface area contributed by atoms with Gasteiger partial charge in [-0.15, -0.1) is 0 Å². The van der Waals surface area contributed by atoms with Gasteiger partial charge in [0.1, 0.15) is 0 Å². The molecule has 0 radical (unpaired) electrons. The molecule has 25 heavy (non-hydrogen) atoms. The zero-order chi connectivity index (χ0) is 17.8. The minimum atomic E-state index is -2.97. The Morgan fingerprint density at radius 1 is 1.32 bits per heavy atom. The number of nitrogens with zero attached hydrogens (tertiary/aromatic N) is 1. The summed E-state index contributed by atoms with van der Waals surface area (Å²) < 4.78 is 35.1. The van der Waals surface area contributed by atoms with E-state index < -0.39 is 12.5 Å². The SMILES string of the molecule is O=C(Nc1ccncc1Cl)c1ccc(OC(F)F)c(OCC2CC2)c1. The molecule has 1 aromatic heterocycles. The summed E-state index contributed by atoms with van der Waals surface area (Å²) >= 11 is 5.96. The fourth-order valence-corrected chi connectivity index (χ4v) is 2.29. The van der Waals surface area contributed by atoms with Gasteiger partial charge in [0.25, 0.3) is 5.91 Å². The average molecular weight is 369 g/mol. The van der Waals surface area contributed by atoms with E-state index in [1.165, 1.54) is 30.6 Å². The maximum atomic E-state index is 12.5. The summed E-state index contributed by atoms with van der Waals surface area (Å²) in [6.07, 6.45) is 4.99. The number of hydrogen-bond donors (Lipinski definition) is 1. The summed E-state index contributed by atoms with van der Waals surface area (Å²) in [5, 5.41) is 2.93. The van der Waals surface area contributed by atoms with Crippen molar-refractivity contribution in [2.75, 3.05) is 11.9 Å². The van der Waals surface area contributed by atoms with E-state index in [0.717, 1.165) is 12.8 Å². The minimum Gasteiger partial charge on any atom is -0.489 e. The van der Waals surface area contributed by atoms with Crippen LogP contribution in [0.1, 0.15) is 23.2 Å². The number of benzene rings is 1. The van der Waals surface area contributed by atoms with Gasteiger partial charge < -0.3 is 14.8 Å². The highest BCUT2D eigenvalue weighted by molar-refractivity contribution is 6.33. The second kappa shape index (κ2) is 7.65. The second-order valence-electron chi connectivity index (χ2n) is 5.60. The van der Waals surface area contributed by atoms with Crippen LogP contribution in [0, 0.1) is 5.92 Å². The number of hydrogen-bond acceptors (Lipinski definition) is 4. The minimum absolute atomic E-state index is 0.103. The molecule has 1 fully saturated rings. The van der Waals surface area contributed by atoms with Crippen molar-refractivity contribution in [2.45, 2.75) is 19.5 Å². The van der Waals surface area contributed by atoms with E-state index in [1.807, 2.05) is 0 Å². The molecule has 1 aliphatic rings. The number of carbonyl (C=O) groups is 1. The van der Waals surface area contributed by atoms with Crippen LogP contribution in [0.25, 0.3) is 0 Å². The average Bonchev–Trinajstić information content (AvgIpc) is 3.40. The van der Waals surface area contributed by atoms with Gasteiger partial charge in [-0.2, -0.15) is 8.78 Å². The lowest BCUT2D eigenvalue weighted by atomic mass is 10.2. The zero-order valence-corrected chi connectivity index (χ0v) is 13.8. The Balaban J connectivity index is 1.78. The Kier molecular flexibility index (Phi) is 5.33. The smallest absolute Gasteiger partial charge is 0.387 e. The Morgan fingerprint density at radius 3 is 2.80 bits per heavy atom. The monoisotopic (exact) mass is 368 g/mol. The van der Waals surface area contributed by atoms with Crippen LogP contribution in [0.5, 0.6) is 11.5 Å². The van der Waals surface area contributed by atoms with Gasteiger partial charge in [-0.05, 0) is 43.0 Å². The maximum absolute atomic E-state index is 12.5. The summed E-state index contributed by atoms with van der Waals surface area (Å²) in [5.41, 5.74) is 0.635. The molecular weight excluding hydrogens is 354 g/mol. The lowest BCUT2D eigenvalue weighted by Gasteiger charge is -2.14. The first-order valence-electron chi connectivity index (χ1n) is 7.65. The van der Waals surface area contributed by atoms with E-state index in [2.05, 4.69) is 15.0 Å². The van der Waals surface area contributed by atoms with Gasteiger partial charge in [-0.3, -0.25) is 9.78 Å². The van der Waals surface area contributed by atoms with E-state index in [0.29, 0.717) is 23.2 Å². The first-order valence-corrected chi connectivity index (χ1v) is 8.03. The fraction of sp³-hybridized carbons (Fsp3) is 0.294. The number of carbonyl (C=O) groups excluding carboxylic acids is 1. The van der Waals surface area contributed by atoms with E-state index in [4.69, 9.17) is 16.3 Å². The Hall–Kier alpha value is -2.41. The molecule has 0 unspecified atom stereocenters. The van der Waals surface area contributed by atoms with Crippen LogP contribution >= 0.6 is 11.6 Å². The lowest BCUT2D eigenvalue weighted by molar-refractivity contribution is -0.0515. The van der Waals surface area contributed by atoms with Crippen LogP contribution in [-0.2, 0) is 0 Å². The number of ether oxygens (including phenoxy) is 2. The van der Waals surface area contributed by atoms with Gasteiger partial charge in [-0.1, -0.05) is 11.6 Å². The normalized spacial score (nSPS) is 13.6. The highest BCUT2D eigenvalue weighted by Gasteiger charge is 2.23. The Morgan fingerprint density at radius 2 is 2.12 bits per heavy atom. The zero-order valence-electron chi connectivity index (χ0n) is 13.0. The van der Waals surface area contributed by atoms with Gasteiger partial charge >= 0.3 is 6.61 Å². The predicted molar refractivity (Wildman–Crippen MR) is 88.5 cm³/mol. The predicted octanol–water partition coefficient (Wildman–Crippen LogP) is 4.38. The molecule has 0 bridgehead atoms. The Labute approximate surface area is 147 Å². The van der Waals surface area contributed by atoms with Crippen molar-refractivity contribution in [2.24, 2.45) is 5.92 Å². The van der Waals surface area contributed by atoms with Crippen LogP contribution in [0.2, 0.25) is 5.02 Å². The van der Waals surface area contributed by atoms with Gasteiger partial charge in [0, 0.05) is 18.0 Å². The summed E-state index contributed by atoms with van der Waals surface area (Å²) in [4.78, 5) is 16.2. The van der Waals surface area contributed by atoms with Crippen LogP contribution in [0.4, 0.5) is 14.5 Å². The third-order valence-electron chi connectivity index (χ3n) is 3.61. The summed E-state index contributed by atoms with van der Waals surface area (Å²) in [7, 11) is 0. The van der Waals surface area contributed by atoms with E-state index >= 15 is 0 Å². The highest BCUT2D eigenvalue weighted by Crippen LogP contribution is 2.34. The number of rotatable bonds is 7. The van der Waals surface area contributed by atoms with E-state index in [-0.39, 0.29) is 17.1 Å².